The number of ketones is 1. The fourth-order valence-corrected chi connectivity index (χ4v) is 2.75. The molecule has 1 aliphatic rings. The Hall–Kier alpha value is -1.09. The van der Waals surface area contributed by atoms with Crippen LogP contribution >= 0.6 is 0 Å². The monoisotopic (exact) mass is 248 g/mol. The van der Waals surface area contributed by atoms with Gasteiger partial charge in [0.15, 0.2) is 5.78 Å². The van der Waals surface area contributed by atoms with Crippen LogP contribution in [0.3, 0.4) is 0 Å². The van der Waals surface area contributed by atoms with Gasteiger partial charge in [-0.2, -0.15) is 0 Å². The Kier molecular flexibility index (Phi) is 4.59. The molecule has 1 fully saturated rings. The number of aryl methyl sites for hydroxylation is 1. The number of carbonyl (C=O) groups is 1. The fraction of sp³-hybridized carbons (Fsp3) is 0.667. The topological polar surface area (TPSA) is 25.2 Å². The lowest BCUT2D eigenvalue weighted by Crippen LogP contribution is -2.30. The van der Waals surface area contributed by atoms with Gasteiger partial charge in [0, 0.05) is 25.0 Å². The molecule has 0 bridgehead atoms. The molecule has 1 saturated heterocycles. The summed E-state index contributed by atoms with van der Waals surface area (Å²) in [4.78, 5) is 14.5. The molecular weight excluding hydrogens is 224 g/mol. The van der Waals surface area contributed by atoms with E-state index >= 15 is 0 Å². The maximum Gasteiger partial charge on any atom is 0.178 e. The first-order valence-electron chi connectivity index (χ1n) is 7.06. The van der Waals surface area contributed by atoms with Gasteiger partial charge in [0.25, 0.3) is 0 Å². The predicted molar refractivity (Wildman–Crippen MR) is 73.8 cm³/mol. The highest BCUT2D eigenvalue weighted by Crippen LogP contribution is 2.20. The summed E-state index contributed by atoms with van der Waals surface area (Å²) in [6.45, 7) is 5.02. The number of rotatable bonds is 4. The minimum atomic E-state index is 0.255. The van der Waals surface area contributed by atoms with E-state index in [9.17, 15) is 4.79 Å². The first-order chi connectivity index (χ1) is 8.69. The Labute approximate surface area is 110 Å². The molecule has 1 aromatic rings. The molecule has 18 heavy (non-hydrogen) atoms. The minimum absolute atomic E-state index is 0.255. The molecule has 1 unspecified atom stereocenters. The van der Waals surface area contributed by atoms with Gasteiger partial charge in [-0.15, -0.1) is 0 Å². The van der Waals surface area contributed by atoms with Crippen molar-refractivity contribution in [2.45, 2.75) is 32.6 Å². The molecule has 0 N–H and O–H groups in total. The first-order valence-corrected chi connectivity index (χ1v) is 7.06. The van der Waals surface area contributed by atoms with E-state index in [2.05, 4.69) is 11.8 Å². The maximum absolute atomic E-state index is 12.1. The Morgan fingerprint density at radius 1 is 1.39 bits per heavy atom. The van der Waals surface area contributed by atoms with Crippen LogP contribution in [0.5, 0.6) is 0 Å². The zero-order chi connectivity index (χ0) is 13.0. The van der Waals surface area contributed by atoms with Crippen molar-refractivity contribution in [3.63, 3.8) is 0 Å². The number of hydrogen-bond acceptors (Lipinski definition) is 2. The lowest BCUT2D eigenvalue weighted by molar-refractivity contribution is 0.0932. The quantitative estimate of drug-likeness (QED) is 0.766. The first kappa shape index (κ1) is 13.3. The average Bonchev–Trinajstić information content (AvgIpc) is 2.67. The van der Waals surface area contributed by atoms with E-state index in [0.29, 0.717) is 6.54 Å². The molecule has 2 heterocycles. The number of Topliss-reactive ketones (excluding diaryl/α,β-unsaturated/α-hetero) is 1. The SMILES string of the molecule is CCC1CCCN(CC(=O)c2ccn(C)c2)CC1. The van der Waals surface area contributed by atoms with E-state index in [-0.39, 0.29) is 5.78 Å². The van der Waals surface area contributed by atoms with E-state index in [0.717, 1.165) is 24.6 Å². The van der Waals surface area contributed by atoms with Crippen LogP contribution in [0.25, 0.3) is 0 Å². The molecule has 0 saturated carbocycles. The molecule has 2 rings (SSSR count). The number of hydrogen-bond donors (Lipinski definition) is 0. The van der Waals surface area contributed by atoms with Crippen LogP contribution < -0.4 is 0 Å². The van der Waals surface area contributed by atoms with Crippen molar-refractivity contribution >= 4 is 5.78 Å². The Bertz CT molecular complexity index is 397. The van der Waals surface area contributed by atoms with Crippen LogP contribution in [-0.4, -0.2) is 34.9 Å². The molecule has 0 amide bonds. The van der Waals surface area contributed by atoms with Crippen LogP contribution in [0.1, 0.15) is 43.0 Å². The second kappa shape index (κ2) is 6.19. The standard InChI is InChI=1S/C15H24N2O/c1-3-13-5-4-8-17(10-6-13)12-15(18)14-7-9-16(2)11-14/h7,9,11,13H,3-6,8,10,12H2,1-2H3. The molecule has 0 aromatic carbocycles. The van der Waals surface area contributed by atoms with Gasteiger partial charge in [-0.25, -0.2) is 0 Å². The lowest BCUT2D eigenvalue weighted by Gasteiger charge is -2.18. The number of nitrogens with zero attached hydrogens (tertiary/aromatic N) is 2. The molecule has 1 aromatic heterocycles. The smallest absolute Gasteiger partial charge is 0.178 e. The predicted octanol–water partition coefficient (Wildman–Crippen LogP) is 2.72. The number of aromatic nitrogens is 1. The summed E-state index contributed by atoms with van der Waals surface area (Å²) in [5, 5.41) is 0. The van der Waals surface area contributed by atoms with Gasteiger partial charge in [-0.05, 0) is 44.3 Å². The van der Waals surface area contributed by atoms with Gasteiger partial charge < -0.3 is 4.57 Å². The van der Waals surface area contributed by atoms with Crippen LogP contribution in [-0.2, 0) is 7.05 Å². The molecule has 0 spiro atoms. The van der Waals surface area contributed by atoms with Crippen molar-refractivity contribution in [2.75, 3.05) is 19.6 Å². The van der Waals surface area contributed by atoms with Crippen LogP contribution in [0.15, 0.2) is 18.5 Å². The molecular formula is C15H24N2O. The summed E-state index contributed by atoms with van der Waals surface area (Å²) in [5.41, 5.74) is 0.841. The second-order valence-electron chi connectivity index (χ2n) is 5.47. The van der Waals surface area contributed by atoms with E-state index in [1.165, 1.54) is 25.7 Å². The highest BCUT2D eigenvalue weighted by Gasteiger charge is 2.18. The van der Waals surface area contributed by atoms with Gasteiger partial charge in [0.1, 0.15) is 0 Å². The van der Waals surface area contributed by atoms with E-state index < -0.39 is 0 Å². The number of likely N-dealkylation sites (tertiary alicyclic amines) is 1. The van der Waals surface area contributed by atoms with Gasteiger partial charge >= 0.3 is 0 Å². The average molecular weight is 248 g/mol. The Morgan fingerprint density at radius 3 is 2.89 bits per heavy atom. The highest BCUT2D eigenvalue weighted by molar-refractivity contribution is 5.97. The Morgan fingerprint density at radius 2 is 2.22 bits per heavy atom. The van der Waals surface area contributed by atoms with E-state index in [4.69, 9.17) is 0 Å². The molecule has 1 aliphatic heterocycles. The summed E-state index contributed by atoms with van der Waals surface area (Å²) in [6.07, 6.45) is 8.93. The summed E-state index contributed by atoms with van der Waals surface area (Å²) < 4.78 is 1.93. The van der Waals surface area contributed by atoms with Crippen molar-refractivity contribution in [1.29, 1.82) is 0 Å². The van der Waals surface area contributed by atoms with Crippen molar-refractivity contribution < 1.29 is 4.79 Å². The zero-order valence-electron chi connectivity index (χ0n) is 11.6. The Balaban J connectivity index is 1.87. The lowest BCUT2D eigenvalue weighted by atomic mass is 9.98. The normalized spacial score (nSPS) is 21.8. The van der Waals surface area contributed by atoms with Gasteiger partial charge in [-0.1, -0.05) is 13.3 Å². The van der Waals surface area contributed by atoms with Gasteiger partial charge in [-0.3, -0.25) is 9.69 Å². The van der Waals surface area contributed by atoms with Crippen molar-refractivity contribution in [2.24, 2.45) is 13.0 Å². The molecule has 3 nitrogen and oxygen atoms in total. The summed E-state index contributed by atoms with van der Waals surface area (Å²) in [7, 11) is 1.95. The van der Waals surface area contributed by atoms with Crippen LogP contribution in [0.2, 0.25) is 0 Å². The minimum Gasteiger partial charge on any atom is -0.357 e. The van der Waals surface area contributed by atoms with Gasteiger partial charge in [0.05, 0.1) is 6.54 Å². The van der Waals surface area contributed by atoms with Crippen molar-refractivity contribution in [3.05, 3.63) is 24.0 Å². The van der Waals surface area contributed by atoms with E-state index in [1.807, 2.05) is 30.1 Å². The highest BCUT2D eigenvalue weighted by atomic mass is 16.1. The molecule has 3 heteroatoms. The molecule has 0 radical (unpaired) electrons. The van der Waals surface area contributed by atoms with Crippen LogP contribution in [0.4, 0.5) is 0 Å². The summed E-state index contributed by atoms with van der Waals surface area (Å²) >= 11 is 0. The number of carbonyl (C=O) groups excluding carboxylic acids is 1. The molecule has 100 valence electrons. The van der Waals surface area contributed by atoms with Crippen molar-refractivity contribution in [3.8, 4) is 0 Å². The van der Waals surface area contributed by atoms with Crippen molar-refractivity contribution in [1.82, 2.24) is 9.47 Å². The zero-order valence-corrected chi connectivity index (χ0v) is 11.6. The maximum atomic E-state index is 12.1. The third-order valence-corrected chi connectivity index (χ3v) is 4.04. The third kappa shape index (κ3) is 3.45. The largest absolute Gasteiger partial charge is 0.357 e. The molecule has 0 aliphatic carbocycles. The fourth-order valence-electron chi connectivity index (χ4n) is 2.75. The molecule has 1 atom stereocenters. The third-order valence-electron chi connectivity index (χ3n) is 4.04. The van der Waals surface area contributed by atoms with Crippen LogP contribution in [0, 0.1) is 5.92 Å². The van der Waals surface area contributed by atoms with Gasteiger partial charge in [0.2, 0.25) is 0 Å². The summed E-state index contributed by atoms with van der Waals surface area (Å²) in [6, 6.07) is 1.91. The summed E-state index contributed by atoms with van der Waals surface area (Å²) in [5.74, 6) is 1.12. The van der Waals surface area contributed by atoms with E-state index in [1.54, 1.807) is 0 Å². The second-order valence-corrected chi connectivity index (χ2v) is 5.47.